The first-order chi connectivity index (χ1) is 10.4. The summed E-state index contributed by atoms with van der Waals surface area (Å²) in [5.74, 6) is 0.0239. The minimum absolute atomic E-state index is 0.0239. The van der Waals surface area contributed by atoms with Crippen LogP contribution in [0.1, 0.15) is 38.6 Å². The maximum absolute atomic E-state index is 12.5. The molecule has 0 radical (unpaired) electrons. The highest BCUT2D eigenvalue weighted by atomic mass is 32.2. The predicted molar refractivity (Wildman–Crippen MR) is 86.0 cm³/mol. The molecule has 2 heterocycles. The highest BCUT2D eigenvalue weighted by molar-refractivity contribution is 7.88. The molecule has 0 bridgehead atoms. The van der Waals surface area contributed by atoms with E-state index < -0.39 is 10.0 Å². The molecule has 6 nitrogen and oxygen atoms in total. The van der Waals surface area contributed by atoms with Crippen LogP contribution in [0.25, 0.3) is 0 Å². The molecule has 2 rings (SSSR count). The Hall–Kier alpha value is -1.34. The number of carbonyl (C=O) groups excluding carboxylic acids is 1. The molecule has 0 unspecified atom stereocenters. The van der Waals surface area contributed by atoms with Crippen molar-refractivity contribution < 1.29 is 13.2 Å². The molecule has 0 spiro atoms. The third kappa shape index (κ3) is 4.33. The monoisotopic (exact) mass is 327 g/mol. The number of nitrogens with zero attached hydrogens (tertiary/aromatic N) is 2. The third-order valence-electron chi connectivity index (χ3n) is 4.12. The maximum atomic E-state index is 12.5. The molecule has 7 heteroatoms. The summed E-state index contributed by atoms with van der Waals surface area (Å²) in [6.07, 6.45) is 8.12. The number of amides is 1. The number of hydrogen-bond acceptors (Lipinski definition) is 3. The zero-order valence-corrected chi connectivity index (χ0v) is 14.1. The lowest BCUT2D eigenvalue weighted by atomic mass is 10.1. The number of nitrogens with one attached hydrogen (secondary N) is 1. The van der Waals surface area contributed by atoms with Crippen LogP contribution in [-0.2, 0) is 14.8 Å². The molecule has 1 aliphatic heterocycles. The smallest absolute Gasteiger partial charge is 0.243 e. The SMILES string of the molecule is CCC[C@@H](C(=O)NC1CCN(S(C)(=O)=O)CC1)n1cccc1. The van der Waals surface area contributed by atoms with Gasteiger partial charge in [-0.1, -0.05) is 13.3 Å². The number of rotatable bonds is 6. The van der Waals surface area contributed by atoms with Gasteiger partial charge in [0.05, 0.1) is 6.26 Å². The summed E-state index contributed by atoms with van der Waals surface area (Å²) < 4.78 is 26.4. The first-order valence-electron chi connectivity index (χ1n) is 7.79. The number of aromatic nitrogens is 1. The second-order valence-electron chi connectivity index (χ2n) is 5.88. The first-order valence-corrected chi connectivity index (χ1v) is 9.64. The zero-order chi connectivity index (χ0) is 16.2. The minimum Gasteiger partial charge on any atom is -0.351 e. The van der Waals surface area contributed by atoms with E-state index in [1.54, 1.807) is 0 Å². The summed E-state index contributed by atoms with van der Waals surface area (Å²) in [6.45, 7) is 3.02. The van der Waals surface area contributed by atoms with Crippen LogP contribution in [0.4, 0.5) is 0 Å². The summed E-state index contributed by atoms with van der Waals surface area (Å²) in [6, 6.07) is 3.70. The minimum atomic E-state index is -3.12. The summed E-state index contributed by atoms with van der Waals surface area (Å²) in [5, 5.41) is 3.08. The number of hydrogen-bond donors (Lipinski definition) is 1. The van der Waals surface area contributed by atoms with E-state index in [-0.39, 0.29) is 18.0 Å². The molecule has 1 amide bonds. The number of sulfonamides is 1. The maximum Gasteiger partial charge on any atom is 0.243 e. The van der Waals surface area contributed by atoms with Crippen LogP contribution in [0.2, 0.25) is 0 Å². The van der Waals surface area contributed by atoms with Crippen LogP contribution < -0.4 is 5.32 Å². The van der Waals surface area contributed by atoms with Crippen molar-refractivity contribution in [1.82, 2.24) is 14.2 Å². The van der Waals surface area contributed by atoms with E-state index >= 15 is 0 Å². The summed E-state index contributed by atoms with van der Waals surface area (Å²) in [5.41, 5.74) is 0. The van der Waals surface area contributed by atoms with Gasteiger partial charge < -0.3 is 9.88 Å². The van der Waals surface area contributed by atoms with E-state index in [1.807, 2.05) is 29.1 Å². The van der Waals surface area contributed by atoms with Gasteiger partial charge in [0.25, 0.3) is 0 Å². The molecule has 1 aliphatic rings. The normalized spacial score (nSPS) is 19.0. The Bertz CT molecular complexity index is 575. The Balaban J connectivity index is 1.92. The Labute approximate surface area is 132 Å². The zero-order valence-electron chi connectivity index (χ0n) is 13.2. The van der Waals surface area contributed by atoms with Gasteiger partial charge in [-0.05, 0) is 31.4 Å². The lowest BCUT2D eigenvalue weighted by Crippen LogP contribution is -2.47. The summed E-state index contributed by atoms with van der Waals surface area (Å²) >= 11 is 0. The summed E-state index contributed by atoms with van der Waals surface area (Å²) in [7, 11) is -3.12. The van der Waals surface area contributed by atoms with Gasteiger partial charge in [-0.2, -0.15) is 0 Å². The largest absolute Gasteiger partial charge is 0.351 e. The average Bonchev–Trinajstić information content (AvgIpc) is 2.98. The lowest BCUT2D eigenvalue weighted by molar-refractivity contribution is -0.125. The van der Waals surface area contributed by atoms with Gasteiger partial charge in [-0.15, -0.1) is 0 Å². The second-order valence-corrected chi connectivity index (χ2v) is 7.86. The molecule has 0 aromatic carbocycles. The van der Waals surface area contributed by atoms with E-state index in [2.05, 4.69) is 12.2 Å². The van der Waals surface area contributed by atoms with E-state index in [9.17, 15) is 13.2 Å². The fraction of sp³-hybridized carbons (Fsp3) is 0.667. The van der Waals surface area contributed by atoms with Crippen molar-refractivity contribution in [2.24, 2.45) is 0 Å². The van der Waals surface area contributed by atoms with Crippen molar-refractivity contribution in [3.8, 4) is 0 Å². The fourth-order valence-corrected chi connectivity index (χ4v) is 3.75. The lowest BCUT2D eigenvalue weighted by Gasteiger charge is -2.31. The average molecular weight is 327 g/mol. The van der Waals surface area contributed by atoms with Gasteiger partial charge in [-0.25, -0.2) is 12.7 Å². The molecule has 1 saturated heterocycles. The second kappa shape index (κ2) is 7.28. The van der Waals surface area contributed by atoms with Gasteiger partial charge >= 0.3 is 0 Å². The Morgan fingerprint density at radius 2 is 1.86 bits per heavy atom. The molecular formula is C15H25N3O3S. The highest BCUT2D eigenvalue weighted by Gasteiger charge is 2.27. The Morgan fingerprint density at radius 3 is 2.36 bits per heavy atom. The molecule has 1 fully saturated rings. The topological polar surface area (TPSA) is 71.4 Å². The van der Waals surface area contributed by atoms with Crippen LogP contribution in [0.5, 0.6) is 0 Å². The van der Waals surface area contributed by atoms with Crippen molar-refractivity contribution in [2.75, 3.05) is 19.3 Å². The molecule has 0 saturated carbocycles. The quantitative estimate of drug-likeness (QED) is 0.858. The van der Waals surface area contributed by atoms with Gasteiger partial charge in [0.2, 0.25) is 15.9 Å². The third-order valence-corrected chi connectivity index (χ3v) is 5.42. The number of piperidine rings is 1. The Morgan fingerprint density at radius 1 is 1.27 bits per heavy atom. The first kappa shape index (κ1) is 17.0. The van der Waals surface area contributed by atoms with Crippen molar-refractivity contribution in [2.45, 2.75) is 44.7 Å². The molecule has 22 heavy (non-hydrogen) atoms. The molecule has 1 atom stereocenters. The number of carbonyl (C=O) groups is 1. The molecule has 1 aromatic rings. The van der Waals surface area contributed by atoms with Gasteiger partial charge in [0.1, 0.15) is 6.04 Å². The van der Waals surface area contributed by atoms with E-state index in [0.29, 0.717) is 25.9 Å². The Kier molecular flexibility index (Phi) is 5.63. The predicted octanol–water partition coefficient (Wildman–Crippen LogP) is 1.37. The van der Waals surface area contributed by atoms with Crippen molar-refractivity contribution in [3.05, 3.63) is 24.5 Å². The van der Waals surface area contributed by atoms with Gasteiger partial charge in [0.15, 0.2) is 0 Å². The highest BCUT2D eigenvalue weighted by Crippen LogP contribution is 2.17. The van der Waals surface area contributed by atoms with E-state index in [4.69, 9.17) is 0 Å². The van der Waals surface area contributed by atoms with Gasteiger partial charge in [-0.3, -0.25) is 4.79 Å². The molecule has 0 aliphatic carbocycles. The van der Waals surface area contributed by atoms with Crippen LogP contribution >= 0.6 is 0 Å². The van der Waals surface area contributed by atoms with Crippen molar-refractivity contribution in [1.29, 1.82) is 0 Å². The van der Waals surface area contributed by atoms with Crippen molar-refractivity contribution >= 4 is 15.9 Å². The molecule has 124 valence electrons. The fourth-order valence-electron chi connectivity index (χ4n) is 2.87. The standard InChI is InChI=1S/C15H25N3O3S/c1-3-6-14(17-9-4-5-10-17)15(19)16-13-7-11-18(12-8-13)22(2,20)21/h4-5,9-10,13-14H,3,6-8,11-12H2,1-2H3,(H,16,19)/t14-/m0/s1. The molecule has 1 aromatic heterocycles. The van der Waals surface area contributed by atoms with Gasteiger partial charge in [0, 0.05) is 31.5 Å². The van der Waals surface area contributed by atoms with Crippen LogP contribution in [0.3, 0.4) is 0 Å². The van der Waals surface area contributed by atoms with Crippen molar-refractivity contribution in [3.63, 3.8) is 0 Å². The summed E-state index contributed by atoms with van der Waals surface area (Å²) in [4.78, 5) is 12.5. The van der Waals surface area contributed by atoms with Crippen LogP contribution in [0.15, 0.2) is 24.5 Å². The van der Waals surface area contributed by atoms with Crippen LogP contribution in [-0.4, -0.2) is 48.6 Å². The van der Waals surface area contributed by atoms with E-state index in [0.717, 1.165) is 12.8 Å². The van der Waals surface area contributed by atoms with Crippen LogP contribution in [0, 0.1) is 0 Å². The van der Waals surface area contributed by atoms with E-state index in [1.165, 1.54) is 10.6 Å². The molecule has 1 N–H and O–H groups in total. The molecular weight excluding hydrogens is 302 g/mol.